The molecule has 3 aromatic heterocycles. The molecule has 160 valence electrons. The fourth-order valence-corrected chi connectivity index (χ4v) is 3.86. The van der Waals surface area contributed by atoms with E-state index in [1.165, 1.54) is 0 Å². The van der Waals surface area contributed by atoms with Crippen LogP contribution >= 0.6 is 0 Å². The highest BCUT2D eigenvalue weighted by Gasteiger charge is 2.22. The highest BCUT2D eigenvalue weighted by Crippen LogP contribution is 2.32. The first-order chi connectivity index (χ1) is 15.5. The van der Waals surface area contributed by atoms with E-state index >= 15 is 0 Å². The lowest BCUT2D eigenvalue weighted by Gasteiger charge is -2.12. The number of hydrogen-bond donors (Lipinski definition) is 5. The van der Waals surface area contributed by atoms with Gasteiger partial charge in [-0.05, 0) is 23.2 Å². The second-order valence-corrected chi connectivity index (χ2v) is 7.49. The minimum atomic E-state index is -1.52. The number of imidazole rings is 1. The molecule has 1 aliphatic heterocycles. The molecule has 0 saturated carbocycles. The quantitative estimate of drug-likeness (QED) is 0.272. The van der Waals surface area contributed by atoms with E-state index in [-0.39, 0.29) is 0 Å². The summed E-state index contributed by atoms with van der Waals surface area (Å²) >= 11 is 0. The summed E-state index contributed by atoms with van der Waals surface area (Å²) in [4.78, 5) is 25.6. The Kier molecular flexibility index (Phi) is 4.96. The smallest absolute Gasteiger partial charge is 0.423 e. The van der Waals surface area contributed by atoms with Crippen LogP contribution in [0.15, 0.2) is 48.8 Å². The zero-order valence-corrected chi connectivity index (χ0v) is 17.0. The van der Waals surface area contributed by atoms with Gasteiger partial charge in [0.05, 0.1) is 16.9 Å². The summed E-state index contributed by atoms with van der Waals surface area (Å²) in [5.74, 6) is 0.527. The summed E-state index contributed by atoms with van der Waals surface area (Å²) in [7, 11) is -1.52. The lowest BCUT2D eigenvalue weighted by Crippen LogP contribution is -2.30. The monoisotopic (exact) mass is 429 g/mol. The molecule has 6 N–H and O–H groups in total. The van der Waals surface area contributed by atoms with E-state index in [1.807, 2.05) is 12.1 Å². The van der Waals surface area contributed by atoms with Gasteiger partial charge in [0.15, 0.2) is 11.6 Å². The SMILES string of the molecule is NC(=O)c1cccc2c(-c3nc4c(c(NCc5cccc(B(O)O)c5)n3)NCC4)ncn12. The maximum absolute atomic E-state index is 11.7. The Morgan fingerprint density at radius 3 is 2.88 bits per heavy atom. The van der Waals surface area contributed by atoms with Gasteiger partial charge in [0.2, 0.25) is 0 Å². The molecule has 0 bridgehead atoms. The lowest BCUT2D eigenvalue weighted by atomic mass is 9.80. The minimum Gasteiger partial charge on any atom is -0.423 e. The molecule has 0 atom stereocenters. The zero-order chi connectivity index (χ0) is 22.2. The summed E-state index contributed by atoms with van der Waals surface area (Å²) in [6.45, 7) is 1.19. The normalized spacial score (nSPS) is 12.4. The largest absolute Gasteiger partial charge is 0.488 e. The Bertz CT molecular complexity index is 1340. The Hall–Kier alpha value is -3.96. The van der Waals surface area contributed by atoms with E-state index in [0.717, 1.165) is 29.9 Å². The van der Waals surface area contributed by atoms with E-state index in [0.29, 0.717) is 40.6 Å². The fourth-order valence-electron chi connectivity index (χ4n) is 3.86. The van der Waals surface area contributed by atoms with Crippen molar-refractivity contribution in [2.75, 3.05) is 17.2 Å². The van der Waals surface area contributed by atoms with Crippen molar-refractivity contribution in [3.8, 4) is 11.5 Å². The summed E-state index contributed by atoms with van der Waals surface area (Å²) in [5.41, 5.74) is 10.1. The van der Waals surface area contributed by atoms with Gasteiger partial charge in [-0.1, -0.05) is 30.3 Å². The van der Waals surface area contributed by atoms with E-state index in [9.17, 15) is 14.8 Å². The van der Waals surface area contributed by atoms with Crippen molar-refractivity contribution in [3.63, 3.8) is 0 Å². The first kappa shape index (κ1) is 20.0. The van der Waals surface area contributed by atoms with Gasteiger partial charge in [-0.3, -0.25) is 9.20 Å². The molecule has 1 amide bonds. The first-order valence-corrected chi connectivity index (χ1v) is 10.1. The third-order valence-electron chi connectivity index (χ3n) is 5.39. The van der Waals surface area contributed by atoms with Crippen molar-refractivity contribution < 1.29 is 14.8 Å². The molecule has 32 heavy (non-hydrogen) atoms. The molecule has 0 radical (unpaired) electrons. The maximum atomic E-state index is 11.7. The second kappa shape index (κ2) is 7.95. The van der Waals surface area contributed by atoms with Crippen LogP contribution in [-0.4, -0.2) is 49.0 Å². The molecule has 1 aromatic carbocycles. The van der Waals surface area contributed by atoms with Gasteiger partial charge in [-0.25, -0.2) is 15.0 Å². The number of hydrogen-bond acceptors (Lipinski definition) is 8. The number of nitrogens with two attached hydrogens (primary N) is 1. The number of carbonyl (C=O) groups excluding carboxylic acids is 1. The van der Waals surface area contributed by atoms with Crippen LogP contribution in [0.1, 0.15) is 21.7 Å². The highest BCUT2D eigenvalue weighted by molar-refractivity contribution is 6.58. The van der Waals surface area contributed by atoms with E-state index in [4.69, 9.17) is 15.7 Å². The van der Waals surface area contributed by atoms with Crippen molar-refractivity contribution >= 4 is 35.5 Å². The van der Waals surface area contributed by atoms with E-state index in [2.05, 4.69) is 15.6 Å². The topological polar surface area (TPSA) is 151 Å². The molecular formula is C21H20BN7O3. The number of pyridine rings is 1. The number of carbonyl (C=O) groups is 1. The fraction of sp³-hybridized carbons (Fsp3) is 0.143. The van der Waals surface area contributed by atoms with Crippen molar-refractivity contribution in [1.29, 1.82) is 0 Å². The van der Waals surface area contributed by atoms with Gasteiger partial charge in [0.1, 0.15) is 17.7 Å². The Balaban J connectivity index is 1.52. The van der Waals surface area contributed by atoms with Crippen molar-refractivity contribution in [3.05, 3.63) is 65.7 Å². The molecule has 0 spiro atoms. The number of aromatic nitrogens is 4. The number of benzene rings is 1. The zero-order valence-electron chi connectivity index (χ0n) is 17.0. The molecule has 0 unspecified atom stereocenters. The van der Waals surface area contributed by atoms with Crippen LogP contribution in [-0.2, 0) is 13.0 Å². The van der Waals surface area contributed by atoms with E-state index < -0.39 is 13.0 Å². The predicted octanol–water partition coefficient (Wildman–Crippen LogP) is 0.150. The Morgan fingerprint density at radius 2 is 2.06 bits per heavy atom. The number of rotatable bonds is 6. The molecule has 0 aliphatic carbocycles. The third kappa shape index (κ3) is 3.53. The highest BCUT2D eigenvalue weighted by atomic mass is 16.4. The summed E-state index contributed by atoms with van der Waals surface area (Å²) < 4.78 is 1.63. The van der Waals surface area contributed by atoms with Gasteiger partial charge >= 0.3 is 7.12 Å². The Morgan fingerprint density at radius 1 is 1.22 bits per heavy atom. The second-order valence-electron chi connectivity index (χ2n) is 7.49. The first-order valence-electron chi connectivity index (χ1n) is 10.1. The summed E-state index contributed by atoms with van der Waals surface area (Å²) in [6, 6.07) is 12.3. The van der Waals surface area contributed by atoms with Crippen molar-refractivity contribution in [2.45, 2.75) is 13.0 Å². The molecule has 1 aliphatic rings. The Labute approximate surface area is 183 Å². The predicted molar refractivity (Wildman–Crippen MR) is 121 cm³/mol. The van der Waals surface area contributed by atoms with Gasteiger partial charge in [0, 0.05) is 19.5 Å². The number of primary amides is 1. The van der Waals surface area contributed by atoms with Crippen LogP contribution in [0.3, 0.4) is 0 Å². The lowest BCUT2D eigenvalue weighted by molar-refractivity contribution is 0.0994. The summed E-state index contributed by atoms with van der Waals surface area (Å²) in [6.07, 6.45) is 2.29. The van der Waals surface area contributed by atoms with Gasteiger partial charge in [0.25, 0.3) is 5.91 Å². The van der Waals surface area contributed by atoms with Gasteiger partial charge < -0.3 is 26.4 Å². The molecule has 11 heteroatoms. The minimum absolute atomic E-state index is 0.327. The maximum Gasteiger partial charge on any atom is 0.488 e. The van der Waals surface area contributed by atoms with Crippen LogP contribution in [0, 0.1) is 0 Å². The summed E-state index contributed by atoms with van der Waals surface area (Å²) in [5, 5.41) is 25.5. The standard InChI is InChI=1S/C21H20BN7O3/c23-19(30)16-6-2-5-15-18(26-11-29(15)16)21-27-14-7-8-24-17(14)20(28-21)25-10-12-3-1-4-13(9-12)22(31)32/h1-6,9,11,24,31-32H,7-8,10H2,(H2,23,30)(H,25,27,28). The molecule has 0 fully saturated rings. The number of anilines is 2. The molecule has 0 saturated heterocycles. The average molecular weight is 429 g/mol. The number of nitrogens with one attached hydrogen (secondary N) is 2. The van der Waals surface area contributed by atoms with E-state index in [1.54, 1.807) is 41.1 Å². The molecule has 10 nitrogen and oxygen atoms in total. The van der Waals surface area contributed by atoms with Crippen LogP contribution in [0.5, 0.6) is 0 Å². The molecule has 4 heterocycles. The third-order valence-corrected chi connectivity index (χ3v) is 5.39. The average Bonchev–Trinajstić information content (AvgIpc) is 3.44. The van der Waals surface area contributed by atoms with Crippen LogP contribution in [0.25, 0.3) is 17.0 Å². The number of nitrogens with zero attached hydrogens (tertiary/aromatic N) is 4. The van der Waals surface area contributed by atoms with Crippen molar-refractivity contribution in [2.24, 2.45) is 5.73 Å². The van der Waals surface area contributed by atoms with Crippen LogP contribution in [0.2, 0.25) is 0 Å². The van der Waals surface area contributed by atoms with Crippen LogP contribution in [0.4, 0.5) is 11.5 Å². The molecule has 5 rings (SSSR count). The van der Waals surface area contributed by atoms with Gasteiger partial charge in [-0.15, -0.1) is 0 Å². The molecular weight excluding hydrogens is 409 g/mol. The number of fused-ring (bicyclic) bond motifs is 2. The van der Waals surface area contributed by atoms with Crippen LogP contribution < -0.4 is 21.8 Å². The van der Waals surface area contributed by atoms with Gasteiger partial charge in [-0.2, -0.15) is 0 Å². The molecule has 4 aromatic rings. The van der Waals surface area contributed by atoms with Crippen molar-refractivity contribution in [1.82, 2.24) is 19.4 Å². The number of amides is 1.